The van der Waals surface area contributed by atoms with Crippen LogP contribution in [0.5, 0.6) is 0 Å². The molecule has 2 aromatic rings. The van der Waals surface area contributed by atoms with Crippen LogP contribution in [-0.2, 0) is 0 Å². The Morgan fingerprint density at radius 3 is 2.92 bits per heavy atom. The summed E-state index contributed by atoms with van der Waals surface area (Å²) in [5, 5.41) is 6.01. The molecule has 2 heterocycles. The Bertz CT molecular complexity index is 373. The molecule has 0 saturated heterocycles. The molecule has 0 aliphatic rings. The van der Waals surface area contributed by atoms with Gasteiger partial charge in [0.15, 0.2) is 5.65 Å². The van der Waals surface area contributed by atoms with E-state index in [9.17, 15) is 0 Å². The van der Waals surface area contributed by atoms with Crippen molar-refractivity contribution in [1.29, 1.82) is 0 Å². The quantitative estimate of drug-likeness (QED) is 0.683. The Kier molecular flexibility index (Phi) is 1.86. The van der Waals surface area contributed by atoms with Gasteiger partial charge in [0.25, 0.3) is 5.95 Å². The van der Waals surface area contributed by atoms with Crippen molar-refractivity contribution >= 4 is 11.6 Å². The molecule has 2 aromatic heterocycles. The van der Waals surface area contributed by atoms with Crippen molar-refractivity contribution in [1.82, 2.24) is 19.6 Å². The van der Waals surface area contributed by atoms with Crippen LogP contribution in [0.25, 0.3) is 5.65 Å². The standard InChI is InChI=1S/C8H11N5/c1-12(2)10-8-9-7-5-3-4-6-13(7)11-8/h3-6H,1-2H3,(H,10,11). The van der Waals surface area contributed by atoms with Crippen LogP contribution in [0.4, 0.5) is 5.95 Å². The molecule has 0 unspecified atom stereocenters. The van der Waals surface area contributed by atoms with Crippen LogP contribution in [0.2, 0.25) is 0 Å². The zero-order valence-corrected chi connectivity index (χ0v) is 7.60. The predicted octanol–water partition coefficient (Wildman–Crippen LogP) is 0.618. The summed E-state index contributed by atoms with van der Waals surface area (Å²) >= 11 is 0. The number of nitrogens with one attached hydrogen (secondary N) is 1. The molecule has 13 heavy (non-hydrogen) atoms. The van der Waals surface area contributed by atoms with Gasteiger partial charge in [-0.15, -0.1) is 5.10 Å². The second kappa shape index (κ2) is 3.02. The van der Waals surface area contributed by atoms with E-state index in [1.54, 1.807) is 9.52 Å². The second-order valence-electron chi connectivity index (χ2n) is 2.95. The fourth-order valence-electron chi connectivity index (χ4n) is 1.08. The highest BCUT2D eigenvalue weighted by molar-refractivity contribution is 5.42. The largest absolute Gasteiger partial charge is 0.286 e. The molecule has 2 rings (SSSR count). The molecule has 0 radical (unpaired) electrons. The number of aromatic nitrogens is 3. The van der Waals surface area contributed by atoms with Gasteiger partial charge in [-0.3, -0.25) is 5.43 Å². The molecule has 5 nitrogen and oxygen atoms in total. The number of rotatable bonds is 2. The molecule has 0 aromatic carbocycles. The Balaban J connectivity index is 2.38. The summed E-state index contributed by atoms with van der Waals surface area (Å²) in [4.78, 5) is 4.25. The van der Waals surface area contributed by atoms with E-state index in [1.165, 1.54) is 0 Å². The van der Waals surface area contributed by atoms with Crippen molar-refractivity contribution < 1.29 is 0 Å². The zero-order valence-electron chi connectivity index (χ0n) is 7.60. The Labute approximate surface area is 76.0 Å². The fraction of sp³-hybridized carbons (Fsp3) is 0.250. The molecule has 0 aliphatic carbocycles. The van der Waals surface area contributed by atoms with Crippen LogP contribution in [0.1, 0.15) is 0 Å². The molecule has 0 bridgehead atoms. The molecular weight excluding hydrogens is 166 g/mol. The lowest BCUT2D eigenvalue weighted by Gasteiger charge is -2.07. The van der Waals surface area contributed by atoms with Gasteiger partial charge in [0.1, 0.15) is 0 Å². The average molecular weight is 177 g/mol. The van der Waals surface area contributed by atoms with E-state index in [4.69, 9.17) is 0 Å². The number of pyridine rings is 1. The third-order valence-corrected chi connectivity index (χ3v) is 1.56. The number of anilines is 1. The monoisotopic (exact) mass is 177 g/mol. The van der Waals surface area contributed by atoms with Crippen molar-refractivity contribution in [2.45, 2.75) is 0 Å². The van der Waals surface area contributed by atoms with E-state index < -0.39 is 0 Å². The minimum absolute atomic E-state index is 0.608. The molecule has 0 saturated carbocycles. The summed E-state index contributed by atoms with van der Waals surface area (Å²) in [7, 11) is 3.79. The Hall–Kier alpha value is -1.62. The predicted molar refractivity (Wildman–Crippen MR) is 50.3 cm³/mol. The molecule has 1 N–H and O–H groups in total. The lowest BCUT2D eigenvalue weighted by atomic mass is 10.5. The van der Waals surface area contributed by atoms with Gasteiger partial charge in [-0.1, -0.05) is 6.07 Å². The maximum absolute atomic E-state index is 4.25. The van der Waals surface area contributed by atoms with Crippen LogP contribution in [-0.4, -0.2) is 33.7 Å². The Morgan fingerprint density at radius 2 is 2.23 bits per heavy atom. The summed E-state index contributed by atoms with van der Waals surface area (Å²) in [6, 6.07) is 5.76. The number of hydrogen-bond donors (Lipinski definition) is 1. The smallest absolute Gasteiger partial charge is 0.257 e. The highest BCUT2D eigenvalue weighted by Gasteiger charge is 2.01. The van der Waals surface area contributed by atoms with Crippen LogP contribution >= 0.6 is 0 Å². The summed E-state index contributed by atoms with van der Waals surface area (Å²) < 4.78 is 1.73. The zero-order chi connectivity index (χ0) is 9.26. The molecule has 0 fully saturated rings. The maximum Gasteiger partial charge on any atom is 0.257 e. The van der Waals surface area contributed by atoms with Crippen molar-refractivity contribution in [3.8, 4) is 0 Å². The molecule has 0 amide bonds. The van der Waals surface area contributed by atoms with Crippen molar-refractivity contribution in [3.05, 3.63) is 24.4 Å². The van der Waals surface area contributed by atoms with Crippen LogP contribution in [0, 0.1) is 0 Å². The van der Waals surface area contributed by atoms with Gasteiger partial charge < -0.3 is 0 Å². The summed E-state index contributed by atoms with van der Waals surface area (Å²) in [5.41, 5.74) is 3.82. The molecule has 5 heteroatoms. The topological polar surface area (TPSA) is 45.5 Å². The molecular formula is C8H11N5. The van der Waals surface area contributed by atoms with E-state index >= 15 is 0 Å². The summed E-state index contributed by atoms with van der Waals surface area (Å²) in [6.45, 7) is 0. The normalized spacial score (nSPS) is 11.0. The van der Waals surface area contributed by atoms with Gasteiger partial charge >= 0.3 is 0 Å². The van der Waals surface area contributed by atoms with Crippen molar-refractivity contribution in [2.24, 2.45) is 0 Å². The van der Waals surface area contributed by atoms with Gasteiger partial charge in [0, 0.05) is 20.3 Å². The van der Waals surface area contributed by atoms with Crippen LogP contribution in [0.15, 0.2) is 24.4 Å². The first-order valence-corrected chi connectivity index (χ1v) is 4.01. The van der Waals surface area contributed by atoms with Crippen LogP contribution < -0.4 is 5.43 Å². The molecule has 0 atom stereocenters. The van der Waals surface area contributed by atoms with Gasteiger partial charge in [0.2, 0.25) is 0 Å². The summed E-state index contributed by atoms with van der Waals surface area (Å²) in [6.07, 6.45) is 1.86. The van der Waals surface area contributed by atoms with Gasteiger partial charge in [-0.25, -0.2) is 9.52 Å². The molecule has 0 spiro atoms. The third-order valence-electron chi connectivity index (χ3n) is 1.56. The number of hydrogen-bond acceptors (Lipinski definition) is 4. The Morgan fingerprint density at radius 1 is 1.38 bits per heavy atom. The van der Waals surface area contributed by atoms with E-state index in [2.05, 4.69) is 15.5 Å². The first kappa shape index (κ1) is 8.00. The average Bonchev–Trinajstić information content (AvgIpc) is 2.44. The highest BCUT2D eigenvalue weighted by Crippen LogP contribution is 2.03. The highest BCUT2D eigenvalue weighted by atomic mass is 15.5. The SMILES string of the molecule is CN(C)Nc1nc2ccccn2n1. The van der Waals surface area contributed by atoms with Gasteiger partial charge in [0.05, 0.1) is 0 Å². The van der Waals surface area contributed by atoms with E-state index in [0.29, 0.717) is 5.95 Å². The fourth-order valence-corrected chi connectivity index (χ4v) is 1.08. The number of fused-ring (bicyclic) bond motifs is 1. The molecule has 68 valence electrons. The second-order valence-corrected chi connectivity index (χ2v) is 2.95. The minimum atomic E-state index is 0.608. The lowest BCUT2D eigenvalue weighted by Crippen LogP contribution is -2.20. The van der Waals surface area contributed by atoms with Crippen LogP contribution in [0.3, 0.4) is 0 Å². The first-order chi connectivity index (χ1) is 6.25. The lowest BCUT2D eigenvalue weighted by molar-refractivity contribution is 0.489. The number of nitrogens with zero attached hydrogens (tertiary/aromatic N) is 4. The van der Waals surface area contributed by atoms with Crippen molar-refractivity contribution in [3.63, 3.8) is 0 Å². The van der Waals surface area contributed by atoms with Gasteiger partial charge in [-0.2, -0.15) is 4.98 Å². The maximum atomic E-state index is 4.25. The van der Waals surface area contributed by atoms with Crippen molar-refractivity contribution in [2.75, 3.05) is 19.5 Å². The van der Waals surface area contributed by atoms with E-state index in [0.717, 1.165) is 5.65 Å². The van der Waals surface area contributed by atoms with Gasteiger partial charge in [-0.05, 0) is 12.1 Å². The molecule has 0 aliphatic heterocycles. The summed E-state index contributed by atoms with van der Waals surface area (Å²) in [5.74, 6) is 0.608. The minimum Gasteiger partial charge on any atom is -0.286 e. The van der Waals surface area contributed by atoms with E-state index in [-0.39, 0.29) is 0 Å². The third kappa shape index (κ3) is 1.59. The first-order valence-electron chi connectivity index (χ1n) is 4.01. The van der Waals surface area contributed by atoms with E-state index in [1.807, 2.05) is 38.5 Å². The number of hydrazine groups is 1.